The highest BCUT2D eigenvalue weighted by Crippen LogP contribution is 2.08. The number of aromatic nitrogens is 2. The van der Waals surface area contributed by atoms with Gasteiger partial charge in [0.1, 0.15) is 0 Å². The van der Waals surface area contributed by atoms with Crippen LogP contribution in [0, 0.1) is 19.3 Å². The lowest BCUT2D eigenvalue weighted by Crippen LogP contribution is -2.00. The molecule has 0 aromatic carbocycles. The molecule has 0 atom stereocenters. The molecule has 84 valence electrons. The molecule has 0 saturated carbocycles. The molecule has 0 aliphatic carbocycles. The minimum Gasteiger partial charge on any atom is -0.306 e. The molecule has 0 amide bonds. The third-order valence-corrected chi connectivity index (χ3v) is 1.77. The topological polar surface area (TPSA) is 41.7 Å². The molecule has 0 bridgehead atoms. The fourth-order valence-electron chi connectivity index (χ4n) is 1.36. The van der Waals surface area contributed by atoms with Gasteiger partial charge in [0.2, 0.25) is 0 Å². The summed E-state index contributed by atoms with van der Waals surface area (Å²) in [6.07, 6.45) is 1.80. The summed E-state index contributed by atoms with van der Waals surface area (Å²) in [7, 11) is 0. The molecular formula is C12H21N3. The van der Waals surface area contributed by atoms with Crippen LogP contribution in [-0.4, -0.2) is 15.5 Å². The zero-order valence-corrected chi connectivity index (χ0v) is 10.5. The van der Waals surface area contributed by atoms with Crippen molar-refractivity contribution >= 4 is 11.4 Å². The van der Waals surface area contributed by atoms with Crippen molar-refractivity contribution in [1.29, 1.82) is 5.41 Å². The Balaban J connectivity index is 0.000000921. The molecule has 0 aliphatic rings. The van der Waals surface area contributed by atoms with Crippen LogP contribution in [0.2, 0.25) is 0 Å². The highest BCUT2D eigenvalue weighted by atomic mass is 15.3. The van der Waals surface area contributed by atoms with Crippen LogP contribution in [0.3, 0.4) is 0 Å². The van der Waals surface area contributed by atoms with Crippen LogP contribution in [0.4, 0.5) is 0 Å². The van der Waals surface area contributed by atoms with Crippen molar-refractivity contribution in [2.45, 2.75) is 41.5 Å². The average Bonchev–Trinajstić information content (AvgIpc) is 2.47. The zero-order valence-electron chi connectivity index (χ0n) is 10.5. The molecular weight excluding hydrogens is 186 g/mol. The average molecular weight is 207 g/mol. The van der Waals surface area contributed by atoms with E-state index in [0.717, 1.165) is 17.1 Å². The fraction of sp³-hybridized carbons (Fsp3) is 0.500. The highest BCUT2D eigenvalue weighted by Gasteiger charge is 2.01. The first-order valence-corrected chi connectivity index (χ1v) is 5.28. The second kappa shape index (κ2) is 6.17. The van der Waals surface area contributed by atoms with E-state index in [9.17, 15) is 0 Å². The van der Waals surface area contributed by atoms with E-state index in [-0.39, 0.29) is 0 Å². The summed E-state index contributed by atoms with van der Waals surface area (Å²) in [6, 6.07) is 2.02. The summed E-state index contributed by atoms with van der Waals surface area (Å²) in [5, 5.41) is 11.6. The van der Waals surface area contributed by atoms with E-state index in [1.54, 1.807) is 13.0 Å². The Bertz CT molecular complexity index is 359. The van der Waals surface area contributed by atoms with Gasteiger partial charge in [-0.3, -0.25) is 0 Å². The minimum absolute atomic E-state index is 0.546. The number of hydrogen-bond acceptors (Lipinski definition) is 2. The number of rotatable bonds is 2. The smallest absolute Gasteiger partial charge is 0.0600 e. The van der Waals surface area contributed by atoms with Crippen LogP contribution in [-0.2, 0) is 0 Å². The zero-order chi connectivity index (χ0) is 12.0. The molecule has 0 fully saturated rings. The third-order valence-electron chi connectivity index (χ3n) is 1.77. The van der Waals surface area contributed by atoms with Crippen LogP contribution in [0.25, 0.3) is 5.70 Å². The lowest BCUT2D eigenvalue weighted by atomic mass is 10.3. The van der Waals surface area contributed by atoms with Gasteiger partial charge in [-0.15, -0.1) is 0 Å². The Hall–Kier alpha value is -1.38. The molecule has 3 nitrogen and oxygen atoms in total. The van der Waals surface area contributed by atoms with E-state index in [0.29, 0.717) is 5.71 Å². The highest BCUT2D eigenvalue weighted by molar-refractivity contribution is 5.94. The number of aryl methyl sites for hydroxylation is 2. The van der Waals surface area contributed by atoms with Crippen molar-refractivity contribution in [3.05, 3.63) is 23.5 Å². The summed E-state index contributed by atoms with van der Waals surface area (Å²) in [5.74, 6) is 0. The van der Waals surface area contributed by atoms with E-state index in [2.05, 4.69) is 5.10 Å². The molecule has 3 heteroatoms. The number of nitrogens with zero attached hydrogens (tertiary/aromatic N) is 2. The lowest BCUT2D eigenvalue weighted by Gasteiger charge is -2.03. The molecule has 1 heterocycles. The fourth-order valence-corrected chi connectivity index (χ4v) is 1.36. The van der Waals surface area contributed by atoms with Gasteiger partial charge in [0.05, 0.1) is 5.69 Å². The molecule has 1 N–H and O–H groups in total. The quantitative estimate of drug-likeness (QED) is 0.742. The second-order valence-corrected chi connectivity index (χ2v) is 3.31. The summed E-state index contributed by atoms with van der Waals surface area (Å²) < 4.78 is 1.85. The maximum Gasteiger partial charge on any atom is 0.0600 e. The number of hydrogen-bond donors (Lipinski definition) is 1. The lowest BCUT2D eigenvalue weighted by molar-refractivity contribution is 0.848. The minimum atomic E-state index is 0.546. The van der Waals surface area contributed by atoms with Gasteiger partial charge in [0, 0.05) is 17.1 Å². The Kier molecular flexibility index (Phi) is 5.60. The number of allylic oxidation sites excluding steroid dienone is 2. The van der Waals surface area contributed by atoms with Gasteiger partial charge in [-0.05, 0) is 39.8 Å². The molecule has 0 spiro atoms. The van der Waals surface area contributed by atoms with Gasteiger partial charge in [0.25, 0.3) is 0 Å². The molecule has 1 aromatic rings. The normalized spacial score (nSPS) is 10.7. The molecule has 1 rings (SSSR count). The van der Waals surface area contributed by atoms with E-state index in [4.69, 9.17) is 5.41 Å². The van der Waals surface area contributed by atoms with Crippen LogP contribution in [0.15, 0.2) is 12.1 Å². The Morgan fingerprint density at radius 3 is 2.20 bits per heavy atom. The van der Waals surface area contributed by atoms with Gasteiger partial charge in [0.15, 0.2) is 0 Å². The third kappa shape index (κ3) is 4.11. The summed E-state index contributed by atoms with van der Waals surface area (Å²) in [5.41, 5.74) is 3.64. The summed E-state index contributed by atoms with van der Waals surface area (Å²) in [6.45, 7) is 11.7. The van der Waals surface area contributed by atoms with Crippen LogP contribution >= 0.6 is 0 Å². The molecule has 1 aromatic heterocycles. The van der Waals surface area contributed by atoms with E-state index in [1.165, 1.54) is 0 Å². The van der Waals surface area contributed by atoms with Crippen molar-refractivity contribution < 1.29 is 0 Å². The molecule has 0 aliphatic heterocycles. The van der Waals surface area contributed by atoms with Crippen LogP contribution in [0.1, 0.15) is 39.1 Å². The van der Waals surface area contributed by atoms with Crippen LogP contribution in [0.5, 0.6) is 0 Å². The molecule has 0 radical (unpaired) electrons. The van der Waals surface area contributed by atoms with Gasteiger partial charge in [-0.2, -0.15) is 5.10 Å². The van der Waals surface area contributed by atoms with Crippen molar-refractivity contribution in [1.82, 2.24) is 9.78 Å². The summed E-state index contributed by atoms with van der Waals surface area (Å²) >= 11 is 0. The monoisotopic (exact) mass is 207 g/mol. The summed E-state index contributed by atoms with van der Waals surface area (Å²) in [4.78, 5) is 0. The Morgan fingerprint density at radius 2 is 1.87 bits per heavy atom. The molecule has 15 heavy (non-hydrogen) atoms. The largest absolute Gasteiger partial charge is 0.306 e. The SMILES string of the molecule is CC.CC(=N)/C=C(\C)n1nc(C)cc1C. The maximum absolute atomic E-state index is 7.33. The first kappa shape index (κ1) is 13.6. The maximum atomic E-state index is 7.33. The van der Waals surface area contributed by atoms with E-state index >= 15 is 0 Å². The first-order chi connectivity index (χ1) is 7.00. The standard InChI is InChI=1S/C10H15N3.C2H6/c1-7(11)5-9(3)13-10(4)6-8(2)12-13;1-2/h5-6,11H,1-4H3;1-2H3/b9-5+,11-7?;. The molecule has 0 saturated heterocycles. The van der Waals surface area contributed by atoms with E-state index in [1.807, 2.05) is 45.4 Å². The second-order valence-electron chi connectivity index (χ2n) is 3.31. The van der Waals surface area contributed by atoms with Crippen molar-refractivity contribution in [3.63, 3.8) is 0 Å². The number of nitrogens with one attached hydrogen (secondary N) is 1. The van der Waals surface area contributed by atoms with Gasteiger partial charge in [-0.25, -0.2) is 4.68 Å². The van der Waals surface area contributed by atoms with Crippen molar-refractivity contribution in [3.8, 4) is 0 Å². The Morgan fingerprint density at radius 1 is 1.33 bits per heavy atom. The van der Waals surface area contributed by atoms with Gasteiger partial charge >= 0.3 is 0 Å². The Labute approximate surface area is 92.3 Å². The molecule has 0 unspecified atom stereocenters. The van der Waals surface area contributed by atoms with E-state index < -0.39 is 0 Å². The van der Waals surface area contributed by atoms with Crippen LogP contribution < -0.4 is 0 Å². The predicted octanol–water partition coefficient (Wildman–Crippen LogP) is 3.43. The van der Waals surface area contributed by atoms with Gasteiger partial charge < -0.3 is 5.41 Å². The van der Waals surface area contributed by atoms with Crippen molar-refractivity contribution in [2.75, 3.05) is 0 Å². The predicted molar refractivity (Wildman–Crippen MR) is 66.4 cm³/mol. The van der Waals surface area contributed by atoms with Crippen molar-refractivity contribution in [2.24, 2.45) is 0 Å². The first-order valence-electron chi connectivity index (χ1n) is 5.28. The van der Waals surface area contributed by atoms with Gasteiger partial charge in [-0.1, -0.05) is 13.8 Å².